The molecule has 0 bridgehead atoms. The normalized spacial score (nSPS) is 12.9. The monoisotopic (exact) mass is 282 g/mol. The molecule has 0 saturated carbocycles. The predicted octanol–water partition coefficient (Wildman–Crippen LogP) is 4.24. The molecule has 1 atom stereocenters. The Morgan fingerprint density at radius 1 is 1.37 bits per heavy atom. The van der Waals surface area contributed by atoms with Gasteiger partial charge in [-0.3, -0.25) is 0 Å². The number of halogens is 2. The molecule has 0 radical (unpaired) electrons. The van der Waals surface area contributed by atoms with Gasteiger partial charge in [-0.15, -0.1) is 11.3 Å². The third-order valence-electron chi connectivity index (χ3n) is 2.82. The summed E-state index contributed by atoms with van der Waals surface area (Å²) < 4.78 is 25.2. The minimum atomic E-state index is -2.42. The molecule has 5 heteroatoms. The van der Waals surface area contributed by atoms with E-state index in [0.29, 0.717) is 6.54 Å². The molecular formula is C14H16F2N2S. The van der Waals surface area contributed by atoms with Crippen LogP contribution in [0.25, 0.3) is 0 Å². The number of rotatable bonds is 5. The highest BCUT2D eigenvalue weighted by molar-refractivity contribution is 7.11. The molecule has 0 fully saturated rings. The van der Waals surface area contributed by atoms with Crippen LogP contribution < -0.4 is 5.32 Å². The van der Waals surface area contributed by atoms with Crippen molar-refractivity contribution in [3.8, 4) is 0 Å². The Morgan fingerprint density at radius 3 is 2.79 bits per heavy atom. The van der Waals surface area contributed by atoms with Crippen molar-refractivity contribution in [3.63, 3.8) is 0 Å². The molecule has 0 aliphatic carbocycles. The van der Waals surface area contributed by atoms with Gasteiger partial charge in [0, 0.05) is 23.2 Å². The van der Waals surface area contributed by atoms with Gasteiger partial charge in [-0.05, 0) is 25.5 Å². The second-order valence-electron chi connectivity index (χ2n) is 4.46. The minimum Gasteiger partial charge on any atom is -0.304 e. The van der Waals surface area contributed by atoms with Gasteiger partial charge in [0.2, 0.25) is 0 Å². The summed E-state index contributed by atoms with van der Waals surface area (Å²) in [6.07, 6.45) is -0.575. The molecule has 102 valence electrons. The summed E-state index contributed by atoms with van der Waals surface area (Å²) in [5, 5.41) is 4.31. The molecule has 0 spiro atoms. The summed E-state index contributed by atoms with van der Waals surface area (Å²) in [6, 6.07) is 6.61. The van der Waals surface area contributed by atoms with Crippen LogP contribution in [-0.4, -0.2) is 4.98 Å². The molecule has 2 aromatic rings. The molecule has 1 aromatic heterocycles. The molecule has 0 amide bonds. The zero-order valence-corrected chi connectivity index (χ0v) is 11.7. The molecule has 0 aliphatic heterocycles. The topological polar surface area (TPSA) is 24.9 Å². The van der Waals surface area contributed by atoms with Gasteiger partial charge >= 0.3 is 0 Å². The van der Waals surface area contributed by atoms with E-state index in [4.69, 9.17) is 0 Å². The third kappa shape index (κ3) is 3.81. The zero-order chi connectivity index (χ0) is 13.8. The fourth-order valence-electron chi connectivity index (χ4n) is 1.77. The lowest BCUT2D eigenvalue weighted by atomic mass is 10.1. The van der Waals surface area contributed by atoms with Crippen LogP contribution >= 0.6 is 11.3 Å². The first-order chi connectivity index (χ1) is 9.06. The fraction of sp³-hybridized carbons (Fsp3) is 0.357. The zero-order valence-electron chi connectivity index (χ0n) is 10.9. The highest BCUT2D eigenvalue weighted by Crippen LogP contribution is 2.21. The SMILES string of the molecule is Cc1cnc(C(C)NCc2cccc(C(F)F)c2)s1. The molecule has 1 aromatic carbocycles. The number of aryl methyl sites for hydroxylation is 1. The molecule has 1 N–H and O–H groups in total. The van der Waals surface area contributed by atoms with Gasteiger partial charge in [-0.1, -0.05) is 18.2 Å². The van der Waals surface area contributed by atoms with E-state index < -0.39 is 6.43 Å². The third-order valence-corrected chi connectivity index (χ3v) is 3.92. The lowest BCUT2D eigenvalue weighted by Gasteiger charge is -2.11. The second-order valence-corrected chi connectivity index (χ2v) is 5.72. The van der Waals surface area contributed by atoms with Crippen LogP contribution in [0.5, 0.6) is 0 Å². The Kier molecular flexibility index (Phi) is 4.61. The van der Waals surface area contributed by atoms with Crippen LogP contribution in [-0.2, 0) is 6.54 Å². The molecule has 1 unspecified atom stereocenters. The van der Waals surface area contributed by atoms with Crippen LogP contribution in [0.15, 0.2) is 30.5 Å². The van der Waals surface area contributed by atoms with Crippen LogP contribution in [0.1, 0.15) is 40.4 Å². The van der Waals surface area contributed by atoms with E-state index in [-0.39, 0.29) is 11.6 Å². The molecule has 0 aliphatic rings. The first-order valence-electron chi connectivity index (χ1n) is 6.09. The number of nitrogens with one attached hydrogen (secondary N) is 1. The van der Waals surface area contributed by atoms with Crippen molar-refractivity contribution in [3.05, 3.63) is 51.5 Å². The van der Waals surface area contributed by atoms with Crippen molar-refractivity contribution in [1.29, 1.82) is 0 Å². The van der Waals surface area contributed by atoms with Gasteiger partial charge in [-0.2, -0.15) is 0 Å². The molecule has 2 nitrogen and oxygen atoms in total. The molecule has 0 saturated heterocycles. The smallest absolute Gasteiger partial charge is 0.263 e. The highest BCUT2D eigenvalue weighted by atomic mass is 32.1. The number of hydrogen-bond acceptors (Lipinski definition) is 3. The van der Waals surface area contributed by atoms with Crippen molar-refractivity contribution in [1.82, 2.24) is 10.3 Å². The molecule has 1 heterocycles. The van der Waals surface area contributed by atoms with Crippen LogP contribution in [0.4, 0.5) is 8.78 Å². The quantitative estimate of drug-likeness (QED) is 0.887. The Labute approximate surface area is 115 Å². The van der Waals surface area contributed by atoms with Crippen LogP contribution in [0, 0.1) is 6.92 Å². The fourth-order valence-corrected chi connectivity index (χ4v) is 2.57. The van der Waals surface area contributed by atoms with Gasteiger partial charge < -0.3 is 5.32 Å². The van der Waals surface area contributed by atoms with Crippen molar-refractivity contribution in [2.45, 2.75) is 32.9 Å². The summed E-state index contributed by atoms with van der Waals surface area (Å²) in [5.41, 5.74) is 0.926. The van der Waals surface area contributed by atoms with Crippen molar-refractivity contribution >= 4 is 11.3 Å². The number of alkyl halides is 2. The Morgan fingerprint density at radius 2 is 2.16 bits per heavy atom. The average Bonchev–Trinajstić information content (AvgIpc) is 2.83. The van der Waals surface area contributed by atoms with Gasteiger partial charge in [0.15, 0.2) is 0 Å². The van der Waals surface area contributed by atoms with Crippen LogP contribution in [0.2, 0.25) is 0 Å². The van der Waals surface area contributed by atoms with Crippen molar-refractivity contribution in [2.75, 3.05) is 0 Å². The number of thiazole rings is 1. The van der Waals surface area contributed by atoms with Gasteiger partial charge in [0.1, 0.15) is 5.01 Å². The van der Waals surface area contributed by atoms with E-state index in [1.807, 2.05) is 26.1 Å². The van der Waals surface area contributed by atoms with Crippen molar-refractivity contribution in [2.24, 2.45) is 0 Å². The van der Waals surface area contributed by atoms with E-state index in [2.05, 4.69) is 10.3 Å². The predicted molar refractivity (Wildman–Crippen MR) is 73.5 cm³/mol. The number of nitrogens with zero attached hydrogens (tertiary/aromatic N) is 1. The van der Waals surface area contributed by atoms with Crippen LogP contribution in [0.3, 0.4) is 0 Å². The first kappa shape index (κ1) is 14.1. The van der Waals surface area contributed by atoms with E-state index in [9.17, 15) is 8.78 Å². The summed E-state index contributed by atoms with van der Waals surface area (Å²) in [5.74, 6) is 0. The molecule has 19 heavy (non-hydrogen) atoms. The standard InChI is InChI=1S/C14H16F2N2S/c1-9-7-18-14(19-9)10(2)17-8-11-4-3-5-12(6-11)13(15)16/h3-7,10,13,17H,8H2,1-2H3. The van der Waals surface area contributed by atoms with Crippen molar-refractivity contribution < 1.29 is 8.78 Å². The summed E-state index contributed by atoms with van der Waals surface area (Å²) >= 11 is 1.65. The Balaban J connectivity index is 1.96. The summed E-state index contributed by atoms with van der Waals surface area (Å²) in [7, 11) is 0. The molecule has 2 rings (SSSR count). The number of hydrogen-bond donors (Lipinski definition) is 1. The largest absolute Gasteiger partial charge is 0.304 e. The first-order valence-corrected chi connectivity index (χ1v) is 6.90. The van der Waals surface area contributed by atoms with Gasteiger partial charge in [0.05, 0.1) is 6.04 Å². The van der Waals surface area contributed by atoms with E-state index in [0.717, 1.165) is 10.6 Å². The maximum absolute atomic E-state index is 12.6. The Bertz CT molecular complexity index is 540. The second kappa shape index (κ2) is 6.21. The Hall–Kier alpha value is -1.33. The number of benzene rings is 1. The van der Waals surface area contributed by atoms with E-state index in [1.54, 1.807) is 17.4 Å². The maximum Gasteiger partial charge on any atom is 0.263 e. The average molecular weight is 282 g/mol. The molecular weight excluding hydrogens is 266 g/mol. The highest BCUT2D eigenvalue weighted by Gasteiger charge is 2.10. The lowest BCUT2D eigenvalue weighted by molar-refractivity contribution is 0.151. The van der Waals surface area contributed by atoms with Gasteiger partial charge in [0.25, 0.3) is 6.43 Å². The number of aromatic nitrogens is 1. The van der Waals surface area contributed by atoms with Gasteiger partial charge in [-0.25, -0.2) is 13.8 Å². The summed E-state index contributed by atoms with van der Waals surface area (Å²) in [6.45, 7) is 4.59. The summed E-state index contributed by atoms with van der Waals surface area (Å²) in [4.78, 5) is 5.48. The maximum atomic E-state index is 12.6. The van der Waals surface area contributed by atoms with E-state index in [1.165, 1.54) is 17.0 Å². The van der Waals surface area contributed by atoms with E-state index >= 15 is 0 Å². The minimum absolute atomic E-state index is 0.0667. The lowest BCUT2D eigenvalue weighted by Crippen LogP contribution is -2.17.